The molecule has 0 unspecified atom stereocenters. The number of rotatable bonds is 11. The van der Waals surface area contributed by atoms with E-state index in [0.29, 0.717) is 75.9 Å². The van der Waals surface area contributed by atoms with Crippen LogP contribution in [0.2, 0.25) is 0 Å². The molecule has 0 spiro atoms. The van der Waals surface area contributed by atoms with E-state index in [4.69, 9.17) is 14.2 Å². The van der Waals surface area contributed by atoms with Gasteiger partial charge in [-0.1, -0.05) is 30.3 Å². The number of aromatic hydroxyl groups is 1. The van der Waals surface area contributed by atoms with E-state index < -0.39 is 12.2 Å². The molecule has 0 aliphatic carbocycles. The van der Waals surface area contributed by atoms with Crippen molar-refractivity contribution in [2.24, 2.45) is 0 Å². The molecule has 4 fully saturated rings. The first kappa shape index (κ1) is 41.7. The molecule has 4 saturated heterocycles. The average Bonchev–Trinajstić information content (AvgIpc) is 3.41. The Kier molecular flexibility index (Phi) is 14.1. The monoisotopic (exact) mass is 803 g/mol. The van der Waals surface area contributed by atoms with Gasteiger partial charge in [0.05, 0.1) is 19.8 Å². The lowest BCUT2D eigenvalue weighted by atomic mass is 9.98. The first-order chi connectivity index (χ1) is 28.1. The highest BCUT2D eigenvalue weighted by Crippen LogP contribution is 2.28. The van der Waals surface area contributed by atoms with Gasteiger partial charge in [-0.15, -0.1) is 0 Å². The second-order valence-electron chi connectivity index (χ2n) is 16.4. The Morgan fingerprint density at radius 3 is 2.19 bits per heavy atom. The summed E-state index contributed by atoms with van der Waals surface area (Å²) in [6.07, 6.45) is 2.30. The molecule has 0 bridgehead atoms. The molecule has 0 radical (unpaired) electrons. The normalized spacial score (nSPS) is 21.2. The van der Waals surface area contributed by atoms with E-state index in [9.17, 15) is 24.3 Å². The Morgan fingerprint density at radius 1 is 0.828 bits per heavy atom. The number of nitrogens with zero attached hydrogens (tertiary/aromatic N) is 6. The number of aryl methyl sites for hydroxylation is 2. The second kappa shape index (κ2) is 19.5. The zero-order chi connectivity index (χ0) is 40.6. The number of para-hydroxylation sites is 1. The summed E-state index contributed by atoms with van der Waals surface area (Å²) in [5, 5.41) is 13.5. The van der Waals surface area contributed by atoms with Crippen molar-refractivity contribution in [1.82, 2.24) is 29.4 Å². The summed E-state index contributed by atoms with van der Waals surface area (Å²) in [5.74, 6) is -0.169. The standard InChI is InChI=1S/C43H61N7O8/c1-31-27-33(28-32(2)40(31)52)29-38(58-43(55)49-14-10-36(11-15-49)50-16-7-34-5-3-4-6-37(34)44-42(50)54)41(53)48-12-8-35(9-13-48)47-19-17-46(18-20-47)30-39(51)57-26-23-45-21-24-56-25-22-45/h3-6,27-28,35-36,38,52H,7-26,29-30H2,1-2H3,(H,44,54)/t38-/m1/s1. The Labute approximate surface area is 342 Å². The molecule has 5 heterocycles. The topological polar surface area (TPSA) is 148 Å². The number of morpholine rings is 1. The van der Waals surface area contributed by atoms with Crippen LogP contribution in [0.4, 0.5) is 15.3 Å². The molecule has 4 amide bonds. The number of phenols is 1. The van der Waals surface area contributed by atoms with Gasteiger partial charge in [0.15, 0.2) is 6.10 Å². The number of ether oxygens (including phenoxy) is 3. The van der Waals surface area contributed by atoms with Gasteiger partial charge in [-0.25, -0.2) is 9.59 Å². The van der Waals surface area contributed by atoms with E-state index in [-0.39, 0.29) is 36.1 Å². The van der Waals surface area contributed by atoms with Crippen molar-refractivity contribution < 1.29 is 38.5 Å². The molecule has 2 N–H and O–H groups in total. The maximum absolute atomic E-state index is 14.2. The highest BCUT2D eigenvalue weighted by atomic mass is 16.6. The molecule has 0 saturated carbocycles. The van der Waals surface area contributed by atoms with Gasteiger partial charge in [0.2, 0.25) is 0 Å². The minimum atomic E-state index is -1.02. The highest BCUT2D eigenvalue weighted by molar-refractivity contribution is 5.91. The minimum absolute atomic E-state index is 0.00439. The third-order valence-electron chi connectivity index (χ3n) is 12.6. The number of urea groups is 1. The summed E-state index contributed by atoms with van der Waals surface area (Å²) in [4.78, 5) is 65.9. The van der Waals surface area contributed by atoms with Crippen LogP contribution in [0.1, 0.15) is 47.9 Å². The number of phenolic OH excluding ortho intramolecular Hbond substituents is 1. The summed E-state index contributed by atoms with van der Waals surface area (Å²) >= 11 is 0. The summed E-state index contributed by atoms with van der Waals surface area (Å²) in [7, 11) is 0. The number of hydrogen-bond acceptors (Lipinski definition) is 11. The van der Waals surface area contributed by atoms with Crippen LogP contribution in [0, 0.1) is 13.8 Å². The van der Waals surface area contributed by atoms with Crippen LogP contribution in [0.15, 0.2) is 36.4 Å². The molecule has 7 rings (SSSR count). The Bertz CT molecular complexity index is 1720. The number of fused-ring (bicyclic) bond motifs is 1. The Balaban J connectivity index is 0.892. The van der Waals surface area contributed by atoms with Crippen molar-refractivity contribution in [3.8, 4) is 5.75 Å². The number of benzene rings is 2. The van der Waals surface area contributed by atoms with Crippen molar-refractivity contribution in [2.75, 3.05) is 110 Å². The van der Waals surface area contributed by atoms with E-state index >= 15 is 0 Å². The van der Waals surface area contributed by atoms with Crippen LogP contribution in [-0.4, -0.2) is 182 Å². The predicted octanol–water partition coefficient (Wildman–Crippen LogP) is 3.10. The maximum atomic E-state index is 14.2. The van der Waals surface area contributed by atoms with E-state index in [1.165, 1.54) is 0 Å². The highest BCUT2D eigenvalue weighted by Gasteiger charge is 2.37. The molecular formula is C43H61N7O8. The van der Waals surface area contributed by atoms with E-state index in [0.717, 1.165) is 95.1 Å². The third-order valence-corrected chi connectivity index (χ3v) is 12.6. The van der Waals surface area contributed by atoms with Crippen molar-refractivity contribution in [3.05, 3.63) is 58.7 Å². The van der Waals surface area contributed by atoms with Gasteiger partial charge in [0, 0.05) is 103 Å². The summed E-state index contributed by atoms with van der Waals surface area (Å²) in [5.41, 5.74) is 4.19. The zero-order valence-electron chi connectivity index (χ0n) is 34.2. The maximum Gasteiger partial charge on any atom is 0.410 e. The fourth-order valence-corrected chi connectivity index (χ4v) is 9.13. The predicted molar refractivity (Wildman–Crippen MR) is 218 cm³/mol. The number of hydrogen-bond donors (Lipinski definition) is 2. The van der Waals surface area contributed by atoms with Crippen LogP contribution >= 0.6 is 0 Å². The van der Waals surface area contributed by atoms with Gasteiger partial charge in [-0.2, -0.15) is 0 Å². The summed E-state index contributed by atoms with van der Waals surface area (Å²) < 4.78 is 17.0. The van der Waals surface area contributed by atoms with Crippen molar-refractivity contribution in [2.45, 2.75) is 70.6 Å². The van der Waals surface area contributed by atoms with Gasteiger partial charge in [0.25, 0.3) is 5.91 Å². The quantitative estimate of drug-likeness (QED) is 0.323. The molecule has 5 aliphatic heterocycles. The van der Waals surface area contributed by atoms with Gasteiger partial charge in [0.1, 0.15) is 12.4 Å². The molecule has 316 valence electrons. The van der Waals surface area contributed by atoms with Crippen LogP contribution in [0.3, 0.4) is 0 Å². The molecule has 58 heavy (non-hydrogen) atoms. The molecule has 2 aromatic rings. The Morgan fingerprint density at radius 2 is 1.48 bits per heavy atom. The third kappa shape index (κ3) is 10.6. The van der Waals surface area contributed by atoms with Gasteiger partial charge >= 0.3 is 18.1 Å². The van der Waals surface area contributed by atoms with Crippen LogP contribution < -0.4 is 5.32 Å². The average molecular weight is 804 g/mol. The summed E-state index contributed by atoms with van der Waals surface area (Å²) in [6, 6.07) is 11.8. The fraction of sp³-hybridized carbons (Fsp3) is 0.628. The van der Waals surface area contributed by atoms with Crippen LogP contribution in [0.5, 0.6) is 5.75 Å². The number of piperazine rings is 1. The van der Waals surface area contributed by atoms with Gasteiger partial charge < -0.3 is 39.3 Å². The number of esters is 1. The number of amides is 4. The molecule has 2 aromatic carbocycles. The van der Waals surface area contributed by atoms with E-state index in [2.05, 4.69) is 20.0 Å². The molecule has 15 nitrogen and oxygen atoms in total. The van der Waals surface area contributed by atoms with Crippen molar-refractivity contribution in [1.29, 1.82) is 0 Å². The van der Waals surface area contributed by atoms with Gasteiger partial charge in [-0.3, -0.25) is 24.3 Å². The Hall–Kier alpha value is -4.44. The van der Waals surface area contributed by atoms with Crippen LogP contribution in [-0.2, 0) is 36.6 Å². The zero-order valence-corrected chi connectivity index (χ0v) is 34.2. The van der Waals surface area contributed by atoms with E-state index in [1.807, 2.05) is 60.0 Å². The van der Waals surface area contributed by atoms with Crippen LogP contribution in [0.25, 0.3) is 0 Å². The summed E-state index contributed by atoms with van der Waals surface area (Å²) in [6.45, 7) is 14.2. The number of carbonyl (C=O) groups is 4. The number of piperidine rings is 2. The number of likely N-dealkylation sites (tertiary alicyclic amines) is 2. The number of carbonyl (C=O) groups excluding carboxylic acids is 4. The van der Waals surface area contributed by atoms with Gasteiger partial charge in [-0.05, 0) is 74.3 Å². The largest absolute Gasteiger partial charge is 0.507 e. The second-order valence-corrected chi connectivity index (χ2v) is 16.4. The van der Waals surface area contributed by atoms with Crippen molar-refractivity contribution in [3.63, 3.8) is 0 Å². The first-order valence-electron chi connectivity index (χ1n) is 21.2. The first-order valence-corrected chi connectivity index (χ1v) is 21.2. The fourth-order valence-electron chi connectivity index (χ4n) is 9.13. The molecule has 5 aliphatic rings. The van der Waals surface area contributed by atoms with E-state index in [1.54, 1.807) is 4.90 Å². The minimum Gasteiger partial charge on any atom is -0.507 e. The lowest BCUT2D eigenvalue weighted by Crippen LogP contribution is -2.55. The number of nitrogens with one attached hydrogen (secondary N) is 1. The molecule has 15 heteroatoms. The SMILES string of the molecule is Cc1cc(C[C@@H](OC(=O)N2CCC(N3CCc4ccccc4NC3=O)CC2)C(=O)N2CCC(N3CCN(CC(=O)OCCN4CCOCC4)CC3)CC2)cc(C)c1O. The smallest absolute Gasteiger partial charge is 0.410 e. The molecule has 0 aromatic heterocycles. The van der Waals surface area contributed by atoms with Crippen molar-refractivity contribution >= 4 is 29.7 Å². The number of anilines is 1. The molecular weight excluding hydrogens is 743 g/mol. The lowest BCUT2D eigenvalue weighted by Gasteiger charge is -2.43. The molecule has 1 atom stereocenters. The lowest BCUT2D eigenvalue weighted by molar-refractivity contribution is -0.146.